The standard InChI is InChI=1S/C20H29F3N2O2/c1-20(2,3)6-9-25-7-4-14(5-8-25)13-24-18(26)15-10-16(21)12-17(11-15)27-19(22)23/h10-12,14,19H,4-9,13H2,1-3H3,(H,24,26). The van der Waals surface area contributed by atoms with E-state index in [0.717, 1.165) is 57.1 Å². The van der Waals surface area contributed by atoms with Crippen LogP contribution in [0.4, 0.5) is 13.2 Å². The number of benzene rings is 1. The van der Waals surface area contributed by atoms with Gasteiger partial charge in [-0.2, -0.15) is 8.78 Å². The van der Waals surface area contributed by atoms with Crippen LogP contribution in [-0.4, -0.2) is 43.6 Å². The van der Waals surface area contributed by atoms with Crippen molar-refractivity contribution in [1.29, 1.82) is 0 Å². The van der Waals surface area contributed by atoms with E-state index in [9.17, 15) is 18.0 Å². The Balaban J connectivity index is 1.79. The number of amides is 1. The van der Waals surface area contributed by atoms with Gasteiger partial charge in [0, 0.05) is 18.2 Å². The molecule has 0 spiro atoms. The van der Waals surface area contributed by atoms with Crippen molar-refractivity contribution < 1.29 is 22.7 Å². The van der Waals surface area contributed by atoms with Crippen LogP contribution < -0.4 is 10.1 Å². The average Bonchev–Trinajstić information content (AvgIpc) is 2.57. The molecule has 0 saturated carbocycles. The molecule has 0 atom stereocenters. The fourth-order valence-electron chi connectivity index (χ4n) is 3.11. The molecule has 0 bridgehead atoms. The Morgan fingerprint density at radius 2 is 1.93 bits per heavy atom. The van der Waals surface area contributed by atoms with Crippen molar-refractivity contribution in [3.05, 3.63) is 29.6 Å². The summed E-state index contributed by atoms with van der Waals surface area (Å²) in [6.07, 6.45) is 3.14. The van der Waals surface area contributed by atoms with E-state index in [1.807, 2.05) is 0 Å². The van der Waals surface area contributed by atoms with E-state index in [4.69, 9.17) is 0 Å². The SMILES string of the molecule is CC(C)(C)CCN1CCC(CNC(=O)c2cc(F)cc(OC(F)F)c2)CC1. The highest BCUT2D eigenvalue weighted by Crippen LogP contribution is 2.22. The van der Waals surface area contributed by atoms with Gasteiger partial charge in [0.25, 0.3) is 5.91 Å². The second kappa shape index (κ2) is 9.44. The highest BCUT2D eigenvalue weighted by atomic mass is 19.3. The summed E-state index contributed by atoms with van der Waals surface area (Å²) in [5.41, 5.74) is 0.302. The number of likely N-dealkylation sites (tertiary alicyclic amines) is 1. The zero-order valence-corrected chi connectivity index (χ0v) is 16.2. The number of rotatable bonds is 7. The van der Waals surface area contributed by atoms with Crippen molar-refractivity contribution in [3.63, 3.8) is 0 Å². The number of carbonyl (C=O) groups excluding carboxylic acids is 1. The van der Waals surface area contributed by atoms with E-state index >= 15 is 0 Å². The van der Waals surface area contributed by atoms with Crippen LogP contribution in [0.15, 0.2) is 18.2 Å². The van der Waals surface area contributed by atoms with Crippen LogP contribution in [0.25, 0.3) is 0 Å². The van der Waals surface area contributed by atoms with Crippen LogP contribution in [0, 0.1) is 17.2 Å². The van der Waals surface area contributed by atoms with Gasteiger partial charge in [-0.15, -0.1) is 0 Å². The smallest absolute Gasteiger partial charge is 0.387 e. The predicted molar refractivity (Wildman–Crippen MR) is 98.6 cm³/mol. The molecule has 1 aromatic rings. The van der Waals surface area contributed by atoms with Crippen LogP contribution in [0.1, 0.15) is 50.4 Å². The number of hydrogen-bond acceptors (Lipinski definition) is 3. The summed E-state index contributed by atoms with van der Waals surface area (Å²) in [4.78, 5) is 14.7. The normalized spacial score (nSPS) is 16.6. The molecule has 0 unspecified atom stereocenters. The molecular formula is C20H29F3N2O2. The quantitative estimate of drug-likeness (QED) is 0.759. The largest absolute Gasteiger partial charge is 0.435 e. The lowest BCUT2D eigenvalue weighted by Gasteiger charge is -2.33. The Morgan fingerprint density at radius 1 is 1.26 bits per heavy atom. The fraction of sp³-hybridized carbons (Fsp3) is 0.650. The van der Waals surface area contributed by atoms with Gasteiger partial charge in [-0.25, -0.2) is 4.39 Å². The van der Waals surface area contributed by atoms with Gasteiger partial charge < -0.3 is 15.0 Å². The molecule has 1 aliphatic rings. The summed E-state index contributed by atoms with van der Waals surface area (Å²) in [7, 11) is 0. The molecule has 7 heteroatoms. The highest BCUT2D eigenvalue weighted by molar-refractivity contribution is 5.94. The second-order valence-corrected chi connectivity index (χ2v) is 8.36. The van der Waals surface area contributed by atoms with Gasteiger partial charge in [-0.05, 0) is 62.4 Å². The van der Waals surface area contributed by atoms with Gasteiger partial charge in [-0.3, -0.25) is 4.79 Å². The molecule has 1 N–H and O–H groups in total. The number of piperidine rings is 1. The molecule has 152 valence electrons. The molecule has 0 radical (unpaired) electrons. The number of carbonyl (C=O) groups is 1. The summed E-state index contributed by atoms with van der Waals surface area (Å²) in [5, 5.41) is 2.78. The minimum atomic E-state index is -3.06. The second-order valence-electron chi connectivity index (χ2n) is 8.36. The van der Waals surface area contributed by atoms with Gasteiger partial charge in [0.15, 0.2) is 0 Å². The molecule has 1 fully saturated rings. The summed E-state index contributed by atoms with van der Waals surface area (Å²) in [6.45, 7) is 7.22. The van der Waals surface area contributed by atoms with E-state index < -0.39 is 18.3 Å². The molecule has 27 heavy (non-hydrogen) atoms. The fourth-order valence-corrected chi connectivity index (χ4v) is 3.11. The minimum absolute atomic E-state index is 0.0201. The number of nitrogens with zero attached hydrogens (tertiary/aromatic N) is 1. The number of alkyl halides is 2. The maximum atomic E-state index is 13.5. The maximum Gasteiger partial charge on any atom is 0.387 e. The lowest BCUT2D eigenvalue weighted by Crippen LogP contribution is -2.39. The first-order valence-corrected chi connectivity index (χ1v) is 9.38. The first kappa shape index (κ1) is 21.5. The zero-order chi connectivity index (χ0) is 20.0. The number of halogens is 3. The predicted octanol–water partition coefficient (Wildman–Crippen LogP) is 4.31. The van der Waals surface area contributed by atoms with Crippen molar-refractivity contribution in [3.8, 4) is 5.75 Å². The van der Waals surface area contributed by atoms with E-state index in [1.54, 1.807) is 0 Å². The lowest BCUT2D eigenvalue weighted by molar-refractivity contribution is -0.0500. The summed E-state index contributed by atoms with van der Waals surface area (Å²) in [6, 6.07) is 2.97. The van der Waals surface area contributed by atoms with E-state index in [1.165, 1.54) is 0 Å². The van der Waals surface area contributed by atoms with Gasteiger partial charge in [-0.1, -0.05) is 20.8 Å². The van der Waals surface area contributed by atoms with Crippen molar-refractivity contribution in [2.24, 2.45) is 11.3 Å². The summed E-state index contributed by atoms with van der Waals surface area (Å²) < 4.78 is 42.3. The molecule has 0 aromatic heterocycles. The van der Waals surface area contributed by atoms with E-state index in [2.05, 4.69) is 35.7 Å². The van der Waals surface area contributed by atoms with Crippen molar-refractivity contribution in [2.45, 2.75) is 46.6 Å². The third-order valence-corrected chi connectivity index (χ3v) is 4.80. The Bertz CT molecular complexity index is 624. The van der Waals surface area contributed by atoms with E-state index in [-0.39, 0.29) is 11.3 Å². The van der Waals surface area contributed by atoms with Gasteiger partial charge in [0.05, 0.1) is 0 Å². The molecule has 1 saturated heterocycles. The topological polar surface area (TPSA) is 41.6 Å². The van der Waals surface area contributed by atoms with Crippen molar-refractivity contribution in [1.82, 2.24) is 10.2 Å². The van der Waals surface area contributed by atoms with Crippen LogP contribution in [-0.2, 0) is 0 Å². The molecule has 2 rings (SSSR count). The summed E-state index contributed by atoms with van der Waals surface area (Å²) in [5.74, 6) is -1.26. The maximum absolute atomic E-state index is 13.5. The lowest BCUT2D eigenvalue weighted by atomic mass is 9.91. The molecule has 0 aliphatic carbocycles. The Kier molecular flexibility index (Phi) is 7.53. The van der Waals surface area contributed by atoms with Crippen LogP contribution >= 0.6 is 0 Å². The van der Waals surface area contributed by atoms with Gasteiger partial charge >= 0.3 is 6.61 Å². The first-order valence-electron chi connectivity index (χ1n) is 9.38. The van der Waals surface area contributed by atoms with E-state index in [0.29, 0.717) is 17.9 Å². The Hall–Kier alpha value is -1.76. The van der Waals surface area contributed by atoms with Crippen LogP contribution in [0.3, 0.4) is 0 Å². The van der Waals surface area contributed by atoms with Crippen LogP contribution in [0.2, 0.25) is 0 Å². The third kappa shape index (κ3) is 7.79. The minimum Gasteiger partial charge on any atom is -0.435 e. The van der Waals surface area contributed by atoms with Crippen molar-refractivity contribution >= 4 is 5.91 Å². The molecule has 4 nitrogen and oxygen atoms in total. The third-order valence-electron chi connectivity index (χ3n) is 4.80. The van der Waals surface area contributed by atoms with Crippen LogP contribution in [0.5, 0.6) is 5.75 Å². The molecule has 1 heterocycles. The Morgan fingerprint density at radius 3 is 2.52 bits per heavy atom. The number of nitrogens with one attached hydrogen (secondary N) is 1. The van der Waals surface area contributed by atoms with Gasteiger partial charge in [0.2, 0.25) is 0 Å². The average molecular weight is 386 g/mol. The molecular weight excluding hydrogens is 357 g/mol. The monoisotopic (exact) mass is 386 g/mol. The summed E-state index contributed by atoms with van der Waals surface area (Å²) >= 11 is 0. The molecule has 1 aliphatic heterocycles. The Labute approximate surface area is 159 Å². The zero-order valence-electron chi connectivity index (χ0n) is 16.2. The molecule has 1 aromatic carbocycles. The number of hydrogen-bond donors (Lipinski definition) is 1. The first-order chi connectivity index (χ1) is 12.6. The van der Waals surface area contributed by atoms with Gasteiger partial charge in [0.1, 0.15) is 11.6 Å². The number of ether oxygens (including phenoxy) is 1. The highest BCUT2D eigenvalue weighted by Gasteiger charge is 2.21. The molecule has 1 amide bonds. The van der Waals surface area contributed by atoms with Crippen molar-refractivity contribution in [2.75, 3.05) is 26.2 Å².